The number of aromatic nitrogens is 1. The summed E-state index contributed by atoms with van der Waals surface area (Å²) in [6, 6.07) is 21.9. The van der Waals surface area contributed by atoms with E-state index in [-0.39, 0.29) is 17.2 Å². The van der Waals surface area contributed by atoms with Crippen LogP contribution in [0.15, 0.2) is 88.7 Å². The predicted molar refractivity (Wildman–Crippen MR) is 151 cm³/mol. The van der Waals surface area contributed by atoms with E-state index in [2.05, 4.69) is 5.32 Å². The molecule has 2 N–H and O–H groups in total. The van der Waals surface area contributed by atoms with E-state index in [9.17, 15) is 24.3 Å². The number of imide groups is 1. The summed E-state index contributed by atoms with van der Waals surface area (Å²) in [6.45, 7) is -0.263. The molecule has 2 aliphatic rings. The minimum atomic E-state index is -0.859. The van der Waals surface area contributed by atoms with Crippen molar-refractivity contribution < 1.29 is 19.5 Å². The number of nitrogens with zero attached hydrogens (tertiary/aromatic N) is 2. The first-order valence-electron chi connectivity index (χ1n) is 12.0. The highest BCUT2D eigenvalue weighted by Gasteiger charge is 2.57. The molecule has 3 atom stereocenters. The number of carbonyl (C=O) groups is 3. The first-order valence-corrected chi connectivity index (χ1v) is 14.1. The van der Waals surface area contributed by atoms with Crippen LogP contribution in [0.5, 0.6) is 5.75 Å². The number of benzene rings is 3. The Labute approximate surface area is 235 Å². The van der Waals surface area contributed by atoms with Crippen molar-refractivity contribution in [2.24, 2.45) is 5.92 Å². The predicted octanol–water partition coefficient (Wildman–Crippen LogP) is 4.70. The molecule has 3 amide bonds. The molecular weight excluding hydrogens is 558 g/mol. The van der Waals surface area contributed by atoms with E-state index >= 15 is 0 Å². The molecule has 3 aromatic carbocycles. The van der Waals surface area contributed by atoms with E-state index in [1.807, 2.05) is 6.07 Å². The van der Waals surface area contributed by atoms with Crippen LogP contribution in [0.4, 0.5) is 11.4 Å². The topological polar surface area (TPSA) is 109 Å². The van der Waals surface area contributed by atoms with Gasteiger partial charge in [-0.1, -0.05) is 71.1 Å². The maximum atomic E-state index is 13.8. The van der Waals surface area contributed by atoms with Gasteiger partial charge in [-0.3, -0.25) is 23.7 Å². The number of rotatable bonds is 5. The number of fused-ring (bicyclic) bond motifs is 2. The molecule has 4 aromatic rings. The number of amides is 3. The standard InChI is InChI=1S/C28H20ClN3O5S2/c29-15-10-12-17(13-11-15)32-25(35)22-21(18-8-4-5-9-19(18)33)24-27(38-23(22)26(32)36)31(28(37)39-24)14-20(34)30-16-6-2-1-3-7-16/h1-13,21-23,33H,14H2,(H,30,34)/t21-,22?,23?/m0/s1. The molecule has 1 fully saturated rings. The second kappa shape index (κ2) is 10.0. The second-order valence-electron chi connectivity index (χ2n) is 9.13. The minimum Gasteiger partial charge on any atom is -0.508 e. The van der Waals surface area contributed by atoms with Crippen LogP contribution >= 0.6 is 34.7 Å². The van der Waals surface area contributed by atoms with Gasteiger partial charge in [-0.05, 0) is 42.5 Å². The fraction of sp³-hybridized carbons (Fsp3) is 0.143. The van der Waals surface area contributed by atoms with E-state index in [1.54, 1.807) is 66.7 Å². The number of hydrogen-bond donors (Lipinski definition) is 2. The van der Waals surface area contributed by atoms with Crippen molar-refractivity contribution in [3.8, 4) is 5.75 Å². The van der Waals surface area contributed by atoms with Crippen molar-refractivity contribution in [3.63, 3.8) is 0 Å². The molecule has 39 heavy (non-hydrogen) atoms. The van der Waals surface area contributed by atoms with Gasteiger partial charge in [-0.2, -0.15) is 0 Å². The Morgan fingerprint density at radius 1 is 0.923 bits per heavy atom. The molecule has 196 valence electrons. The van der Waals surface area contributed by atoms with Crippen LogP contribution in [-0.4, -0.2) is 32.6 Å². The molecule has 11 heteroatoms. The number of anilines is 2. The highest BCUT2D eigenvalue weighted by atomic mass is 35.5. The quantitative estimate of drug-likeness (QED) is 0.333. The summed E-state index contributed by atoms with van der Waals surface area (Å²) in [4.78, 5) is 54.9. The number of thiazole rings is 1. The van der Waals surface area contributed by atoms with Gasteiger partial charge in [0.25, 0.3) is 0 Å². The SMILES string of the molecule is O=C(Cn1c2c(sc1=O)[C@@H](c1ccccc1O)C1C(=O)N(c3ccc(Cl)cc3)C(=O)C1S2)Nc1ccccc1. The summed E-state index contributed by atoms with van der Waals surface area (Å²) >= 11 is 8.06. The Morgan fingerprint density at radius 2 is 1.62 bits per heavy atom. The Morgan fingerprint density at radius 3 is 2.33 bits per heavy atom. The van der Waals surface area contributed by atoms with Gasteiger partial charge >= 0.3 is 4.87 Å². The number of aromatic hydroxyl groups is 1. The largest absolute Gasteiger partial charge is 0.508 e. The Hall–Kier alpha value is -3.86. The number of halogens is 1. The first kappa shape index (κ1) is 25.4. The van der Waals surface area contributed by atoms with E-state index in [4.69, 9.17) is 11.6 Å². The van der Waals surface area contributed by atoms with E-state index in [0.29, 0.717) is 31.9 Å². The molecule has 0 aliphatic carbocycles. The fourth-order valence-corrected chi connectivity index (χ4v) is 7.94. The van der Waals surface area contributed by atoms with Crippen LogP contribution in [0.3, 0.4) is 0 Å². The van der Waals surface area contributed by atoms with Crippen LogP contribution in [0.25, 0.3) is 0 Å². The monoisotopic (exact) mass is 577 g/mol. The highest BCUT2D eigenvalue weighted by molar-refractivity contribution is 8.00. The molecule has 6 rings (SSSR count). The molecule has 0 saturated carbocycles. The zero-order valence-corrected chi connectivity index (χ0v) is 22.5. The van der Waals surface area contributed by atoms with Crippen LogP contribution in [0, 0.1) is 5.92 Å². The summed E-state index contributed by atoms with van der Waals surface area (Å²) in [5, 5.41) is 13.6. The van der Waals surface area contributed by atoms with Crippen molar-refractivity contribution in [1.29, 1.82) is 0 Å². The molecule has 1 aromatic heterocycles. The van der Waals surface area contributed by atoms with E-state index in [0.717, 1.165) is 28.0 Å². The lowest BCUT2D eigenvalue weighted by atomic mass is 9.82. The lowest BCUT2D eigenvalue weighted by molar-refractivity contribution is -0.122. The molecule has 2 aliphatic heterocycles. The first-order chi connectivity index (χ1) is 18.8. The summed E-state index contributed by atoms with van der Waals surface area (Å²) in [5.74, 6) is -2.91. The minimum absolute atomic E-state index is 0.0430. The number of phenols is 1. The van der Waals surface area contributed by atoms with Crippen molar-refractivity contribution in [3.05, 3.63) is 104 Å². The fourth-order valence-electron chi connectivity index (χ4n) is 5.05. The third-order valence-electron chi connectivity index (χ3n) is 6.77. The smallest absolute Gasteiger partial charge is 0.308 e. The van der Waals surface area contributed by atoms with Gasteiger partial charge in [-0.15, -0.1) is 0 Å². The van der Waals surface area contributed by atoms with Crippen molar-refractivity contribution in [2.45, 2.75) is 22.7 Å². The third-order valence-corrected chi connectivity index (χ3v) is 9.62. The average Bonchev–Trinajstić information content (AvgIpc) is 3.36. The second-order valence-corrected chi connectivity index (χ2v) is 11.7. The lowest BCUT2D eigenvalue weighted by Crippen LogP contribution is -2.33. The molecular formula is C28H20ClN3O5S2. The van der Waals surface area contributed by atoms with Crippen molar-refractivity contribution in [1.82, 2.24) is 4.57 Å². The summed E-state index contributed by atoms with van der Waals surface area (Å²) in [7, 11) is 0. The van der Waals surface area contributed by atoms with Gasteiger partial charge in [0.2, 0.25) is 17.7 Å². The maximum Gasteiger partial charge on any atom is 0.308 e. The molecule has 8 nitrogen and oxygen atoms in total. The average molecular weight is 578 g/mol. The van der Waals surface area contributed by atoms with E-state index in [1.165, 1.54) is 10.6 Å². The number of nitrogens with one attached hydrogen (secondary N) is 1. The molecule has 0 spiro atoms. The normalized spacial score (nSPS) is 20.0. The zero-order chi connectivity index (χ0) is 27.3. The molecule has 0 bridgehead atoms. The van der Waals surface area contributed by atoms with Gasteiger partial charge in [0.15, 0.2) is 0 Å². The molecule has 1 saturated heterocycles. The van der Waals surface area contributed by atoms with Gasteiger partial charge < -0.3 is 10.4 Å². The summed E-state index contributed by atoms with van der Waals surface area (Å²) in [5.41, 5.74) is 1.42. The Bertz CT molecular complexity index is 1670. The zero-order valence-electron chi connectivity index (χ0n) is 20.1. The van der Waals surface area contributed by atoms with Crippen LogP contribution in [0.2, 0.25) is 5.02 Å². The van der Waals surface area contributed by atoms with Crippen molar-refractivity contribution >= 4 is 63.8 Å². The van der Waals surface area contributed by atoms with Crippen LogP contribution < -0.4 is 15.1 Å². The summed E-state index contributed by atoms with van der Waals surface area (Å²) < 4.78 is 1.34. The van der Waals surface area contributed by atoms with Crippen LogP contribution in [0.1, 0.15) is 16.4 Å². The number of thioether (sulfide) groups is 1. The van der Waals surface area contributed by atoms with Gasteiger partial charge in [0.1, 0.15) is 17.5 Å². The highest BCUT2D eigenvalue weighted by Crippen LogP contribution is 2.55. The lowest BCUT2D eigenvalue weighted by Gasteiger charge is -2.31. The number of carbonyl (C=O) groups excluding carboxylic acids is 3. The Balaban J connectivity index is 1.43. The summed E-state index contributed by atoms with van der Waals surface area (Å²) in [6.07, 6.45) is 0. The van der Waals surface area contributed by atoms with Gasteiger partial charge in [0.05, 0.1) is 16.6 Å². The van der Waals surface area contributed by atoms with Gasteiger partial charge in [-0.25, -0.2) is 4.90 Å². The molecule has 3 heterocycles. The van der Waals surface area contributed by atoms with Crippen molar-refractivity contribution in [2.75, 3.05) is 10.2 Å². The van der Waals surface area contributed by atoms with Crippen LogP contribution in [-0.2, 0) is 20.9 Å². The number of para-hydroxylation sites is 2. The van der Waals surface area contributed by atoms with E-state index < -0.39 is 34.8 Å². The molecule has 0 radical (unpaired) electrons. The maximum absolute atomic E-state index is 13.8. The number of hydrogen-bond acceptors (Lipinski definition) is 7. The Kier molecular flexibility index (Phi) is 6.54. The molecule has 2 unspecified atom stereocenters. The number of phenolic OH excluding ortho intramolecular Hbond substituents is 1. The third kappa shape index (κ3) is 4.44. The van der Waals surface area contributed by atoms with Gasteiger partial charge in [0, 0.05) is 27.1 Å².